The Bertz CT molecular complexity index is 695. The van der Waals surface area contributed by atoms with Crippen LogP contribution in [0, 0.1) is 22.7 Å². The zero-order chi connectivity index (χ0) is 15.6. The largest absolute Gasteiger partial charge is 0.493 e. The van der Waals surface area contributed by atoms with Crippen molar-refractivity contribution >= 4 is 11.4 Å². The van der Waals surface area contributed by atoms with Crippen LogP contribution < -0.4 is 10.2 Å². The van der Waals surface area contributed by atoms with Crippen molar-refractivity contribution in [2.75, 3.05) is 12.0 Å². The van der Waals surface area contributed by atoms with Crippen LogP contribution in [-0.4, -0.2) is 17.3 Å². The fraction of sp³-hybridized carbons (Fsp3) is 0.125. The maximum Gasteiger partial charge on any atom is 0.237 e. The maximum atomic E-state index is 8.57. The van der Waals surface area contributed by atoms with Crippen molar-refractivity contribution in [2.24, 2.45) is 5.10 Å². The third-order valence-electron chi connectivity index (χ3n) is 2.72. The van der Waals surface area contributed by atoms with E-state index in [1.54, 1.807) is 42.6 Å². The Morgan fingerprint density at radius 2 is 1.91 bits per heavy atom. The summed E-state index contributed by atoms with van der Waals surface area (Å²) in [6.45, 7) is 0.537. The van der Waals surface area contributed by atoms with Gasteiger partial charge < -0.3 is 4.74 Å². The molecule has 0 aliphatic rings. The number of nitrogens with one attached hydrogen (secondary N) is 1. The third kappa shape index (κ3) is 4.62. The molecule has 1 heterocycles. The number of hydrogen-bond donors (Lipinski definition) is 1. The number of hydrogen-bond acceptors (Lipinski definition) is 6. The molecule has 1 N–H and O–H groups in total. The molecule has 0 atom stereocenters. The molecule has 0 amide bonds. The van der Waals surface area contributed by atoms with Gasteiger partial charge in [0.05, 0.1) is 12.3 Å². The fourth-order valence-electron chi connectivity index (χ4n) is 1.64. The minimum Gasteiger partial charge on any atom is -0.493 e. The van der Waals surface area contributed by atoms with Crippen LogP contribution >= 0.6 is 0 Å². The van der Waals surface area contributed by atoms with E-state index in [1.807, 2.05) is 18.2 Å². The van der Waals surface area contributed by atoms with Gasteiger partial charge in [0.25, 0.3) is 0 Å². The molecule has 0 aliphatic carbocycles. The van der Waals surface area contributed by atoms with Crippen molar-refractivity contribution in [3.63, 3.8) is 0 Å². The second-order valence-electron chi connectivity index (χ2n) is 4.24. The number of hydrazone groups is 1. The van der Waals surface area contributed by atoms with Crippen LogP contribution in [0.15, 0.2) is 53.8 Å². The van der Waals surface area contributed by atoms with Crippen LogP contribution in [0.25, 0.3) is 0 Å². The molecular weight excluding hydrogens is 278 g/mol. The SMILES string of the molecule is N#CC(C#N)=NNc1ccc(OCCc2ccccn2)cc1. The van der Waals surface area contributed by atoms with Crippen LogP contribution in [-0.2, 0) is 6.42 Å². The highest BCUT2D eigenvalue weighted by Crippen LogP contribution is 2.16. The van der Waals surface area contributed by atoms with E-state index >= 15 is 0 Å². The van der Waals surface area contributed by atoms with E-state index in [1.165, 1.54) is 0 Å². The molecule has 2 aromatic rings. The molecule has 0 saturated heterocycles. The fourth-order valence-corrected chi connectivity index (χ4v) is 1.64. The Morgan fingerprint density at radius 3 is 2.55 bits per heavy atom. The van der Waals surface area contributed by atoms with Crippen molar-refractivity contribution in [1.82, 2.24) is 4.98 Å². The number of aromatic nitrogens is 1. The number of ether oxygens (including phenoxy) is 1. The van der Waals surface area contributed by atoms with Gasteiger partial charge in [-0.1, -0.05) is 6.07 Å². The summed E-state index contributed by atoms with van der Waals surface area (Å²) in [4.78, 5) is 4.22. The topological polar surface area (TPSA) is 94.1 Å². The quantitative estimate of drug-likeness (QED) is 0.652. The van der Waals surface area contributed by atoms with Gasteiger partial charge in [0, 0.05) is 18.3 Å². The van der Waals surface area contributed by atoms with E-state index in [9.17, 15) is 0 Å². The predicted octanol–water partition coefficient (Wildman–Crippen LogP) is 2.52. The van der Waals surface area contributed by atoms with Crippen LogP contribution in [0.1, 0.15) is 5.69 Å². The Labute approximate surface area is 128 Å². The number of benzene rings is 1. The lowest BCUT2D eigenvalue weighted by Gasteiger charge is -2.06. The van der Waals surface area contributed by atoms with Gasteiger partial charge in [0.2, 0.25) is 5.71 Å². The second kappa shape index (κ2) is 8.03. The smallest absolute Gasteiger partial charge is 0.237 e. The van der Waals surface area contributed by atoms with Gasteiger partial charge in [-0.15, -0.1) is 0 Å². The highest BCUT2D eigenvalue weighted by Gasteiger charge is 1.98. The molecule has 2 rings (SSSR count). The molecule has 6 heteroatoms. The van der Waals surface area contributed by atoms with Gasteiger partial charge in [-0.3, -0.25) is 10.4 Å². The number of nitrogens with zero attached hydrogens (tertiary/aromatic N) is 4. The number of anilines is 1. The first-order chi connectivity index (χ1) is 10.8. The first-order valence-corrected chi connectivity index (χ1v) is 6.58. The zero-order valence-corrected chi connectivity index (χ0v) is 11.7. The monoisotopic (exact) mass is 291 g/mol. The highest BCUT2D eigenvalue weighted by atomic mass is 16.5. The summed E-state index contributed by atoms with van der Waals surface area (Å²) in [7, 11) is 0. The molecule has 1 aromatic heterocycles. The van der Waals surface area contributed by atoms with E-state index < -0.39 is 0 Å². The number of pyridine rings is 1. The molecular formula is C16H13N5O. The van der Waals surface area contributed by atoms with E-state index in [0.29, 0.717) is 12.3 Å². The van der Waals surface area contributed by atoms with Crippen molar-refractivity contribution in [1.29, 1.82) is 10.5 Å². The Morgan fingerprint density at radius 1 is 1.14 bits per heavy atom. The van der Waals surface area contributed by atoms with Crippen molar-refractivity contribution in [3.8, 4) is 17.9 Å². The summed E-state index contributed by atoms with van der Waals surface area (Å²) in [5, 5.41) is 20.8. The Hall–Kier alpha value is -3.38. The minimum atomic E-state index is -0.226. The van der Waals surface area contributed by atoms with Crippen LogP contribution in [0.3, 0.4) is 0 Å². The normalized spacial score (nSPS) is 9.18. The van der Waals surface area contributed by atoms with Crippen molar-refractivity contribution in [2.45, 2.75) is 6.42 Å². The van der Waals surface area contributed by atoms with Gasteiger partial charge in [-0.05, 0) is 36.4 Å². The maximum absolute atomic E-state index is 8.57. The third-order valence-corrected chi connectivity index (χ3v) is 2.72. The van der Waals surface area contributed by atoms with E-state index in [4.69, 9.17) is 15.3 Å². The molecule has 108 valence electrons. The van der Waals surface area contributed by atoms with Gasteiger partial charge in [-0.2, -0.15) is 15.6 Å². The van der Waals surface area contributed by atoms with Gasteiger partial charge in [0.15, 0.2) is 0 Å². The molecule has 0 aliphatic heterocycles. The summed E-state index contributed by atoms with van der Waals surface area (Å²) in [5.41, 5.74) is 4.06. The molecule has 22 heavy (non-hydrogen) atoms. The predicted molar refractivity (Wildman–Crippen MR) is 82.2 cm³/mol. The molecule has 0 fully saturated rings. The van der Waals surface area contributed by atoms with Crippen LogP contribution in [0.4, 0.5) is 5.69 Å². The standard InChI is InChI=1S/C16H13N5O/c17-11-15(12-18)21-20-14-4-6-16(7-5-14)22-10-8-13-3-1-2-9-19-13/h1-7,9,20H,8,10H2. The molecule has 6 nitrogen and oxygen atoms in total. The lowest BCUT2D eigenvalue weighted by atomic mass is 10.3. The van der Waals surface area contributed by atoms with Crippen LogP contribution in [0.5, 0.6) is 5.75 Å². The number of nitriles is 2. The van der Waals surface area contributed by atoms with Gasteiger partial charge in [-0.25, -0.2) is 0 Å². The highest BCUT2D eigenvalue weighted by molar-refractivity contribution is 6.10. The van der Waals surface area contributed by atoms with E-state index in [2.05, 4.69) is 15.5 Å². The lowest BCUT2D eigenvalue weighted by molar-refractivity contribution is 0.320. The zero-order valence-electron chi connectivity index (χ0n) is 11.7. The van der Waals surface area contributed by atoms with Crippen molar-refractivity contribution in [3.05, 3.63) is 54.4 Å². The average molecular weight is 291 g/mol. The molecule has 0 radical (unpaired) electrons. The summed E-state index contributed by atoms with van der Waals surface area (Å²) in [6.07, 6.45) is 2.49. The summed E-state index contributed by atoms with van der Waals surface area (Å²) < 4.78 is 5.62. The summed E-state index contributed by atoms with van der Waals surface area (Å²) >= 11 is 0. The number of rotatable bonds is 6. The Kier molecular flexibility index (Phi) is 5.48. The average Bonchev–Trinajstić information content (AvgIpc) is 2.58. The summed E-state index contributed by atoms with van der Waals surface area (Å²) in [5.74, 6) is 0.728. The lowest BCUT2D eigenvalue weighted by Crippen LogP contribution is -2.02. The van der Waals surface area contributed by atoms with Gasteiger partial charge in [0.1, 0.15) is 17.9 Å². The van der Waals surface area contributed by atoms with E-state index in [-0.39, 0.29) is 5.71 Å². The summed E-state index contributed by atoms with van der Waals surface area (Å²) in [6, 6.07) is 16.2. The first-order valence-electron chi connectivity index (χ1n) is 6.58. The minimum absolute atomic E-state index is 0.226. The van der Waals surface area contributed by atoms with E-state index in [0.717, 1.165) is 17.9 Å². The second-order valence-corrected chi connectivity index (χ2v) is 4.24. The van der Waals surface area contributed by atoms with Crippen molar-refractivity contribution < 1.29 is 4.74 Å². The molecule has 0 spiro atoms. The molecule has 0 unspecified atom stereocenters. The van der Waals surface area contributed by atoms with Crippen LogP contribution in [0.2, 0.25) is 0 Å². The Balaban J connectivity index is 1.83. The molecule has 0 saturated carbocycles. The molecule has 1 aromatic carbocycles. The first kappa shape index (κ1) is 15.0. The molecule has 0 bridgehead atoms. The van der Waals surface area contributed by atoms with Gasteiger partial charge >= 0.3 is 0 Å².